The van der Waals surface area contributed by atoms with E-state index < -0.39 is 83.1 Å². The molecule has 19 heteroatoms. The van der Waals surface area contributed by atoms with Crippen molar-refractivity contribution < 1.29 is 57.3 Å². The molecule has 0 saturated carbocycles. The number of amides is 6. The summed E-state index contributed by atoms with van der Waals surface area (Å²) in [7, 11) is 2.32. The Kier molecular flexibility index (Phi) is 24.0. The zero-order chi connectivity index (χ0) is 42.2. The molecule has 0 rings (SSSR count). The van der Waals surface area contributed by atoms with Crippen molar-refractivity contribution in [2.75, 3.05) is 40.4 Å². The van der Waals surface area contributed by atoms with Crippen molar-refractivity contribution in [1.29, 1.82) is 0 Å². The summed E-state index contributed by atoms with van der Waals surface area (Å²) in [6.07, 6.45) is 1.72. The van der Waals surface area contributed by atoms with Crippen LogP contribution in [0, 0.1) is 0 Å². The van der Waals surface area contributed by atoms with E-state index in [4.69, 9.17) is 18.9 Å². The van der Waals surface area contributed by atoms with Crippen LogP contribution in [0.3, 0.4) is 0 Å². The third-order valence-electron chi connectivity index (χ3n) is 7.37. The van der Waals surface area contributed by atoms with Crippen LogP contribution in [0.15, 0.2) is 0 Å². The van der Waals surface area contributed by atoms with Crippen molar-refractivity contribution >= 4 is 47.8 Å². The molecule has 0 spiro atoms. The molecule has 0 saturated heterocycles. The Morgan fingerprint density at radius 3 is 1.15 bits per heavy atom. The lowest BCUT2D eigenvalue weighted by Gasteiger charge is -2.23. The van der Waals surface area contributed by atoms with Gasteiger partial charge in [-0.15, -0.1) is 0 Å². The number of unbranched alkanes of at least 4 members (excludes halogenated alkanes) is 2. The first-order valence-corrected chi connectivity index (χ1v) is 18.7. The summed E-state index contributed by atoms with van der Waals surface area (Å²) in [5, 5.41) is 18.1. The minimum absolute atomic E-state index is 0.00526. The molecule has 0 bridgehead atoms. The van der Waals surface area contributed by atoms with Crippen molar-refractivity contribution in [3.05, 3.63) is 0 Å². The number of rotatable bonds is 24. The Balaban J connectivity index is 5.30. The molecule has 4 atom stereocenters. The fourth-order valence-electron chi connectivity index (χ4n) is 4.73. The Bertz CT molecular complexity index is 1170. The molecule has 0 aliphatic heterocycles. The minimum Gasteiger partial charge on any atom is -0.467 e. The van der Waals surface area contributed by atoms with Crippen molar-refractivity contribution in [2.24, 2.45) is 0 Å². The molecular formula is C36H65N7O12. The number of nitrogens with one attached hydrogen (secondary N) is 7. The third-order valence-corrected chi connectivity index (χ3v) is 7.37. The molecule has 0 aromatic rings. The number of esters is 2. The van der Waals surface area contributed by atoms with Gasteiger partial charge in [0.2, 0.25) is 23.6 Å². The maximum absolute atomic E-state index is 13.2. The largest absolute Gasteiger partial charge is 0.467 e. The molecule has 0 unspecified atom stereocenters. The fraction of sp³-hybridized carbons (Fsp3) is 0.778. The molecule has 0 aliphatic carbocycles. The van der Waals surface area contributed by atoms with E-state index in [1.165, 1.54) is 0 Å². The summed E-state index contributed by atoms with van der Waals surface area (Å²) in [6.45, 7) is 13.3. The zero-order valence-electron chi connectivity index (χ0n) is 34.2. The highest BCUT2D eigenvalue weighted by Gasteiger charge is 2.29. The van der Waals surface area contributed by atoms with Crippen LogP contribution in [-0.4, -0.2) is 124 Å². The number of carbonyl (C=O) groups is 8. The standard InChI is InChI=1S/C36H65N7O12/c1-11-13-15-23(29(46)42-25(31(48)52-9)17-19-38-33(50)54-35(3,4)5)40-27(44)21-37-22-28(45)41-24(16-14-12-2)30(47)43-26(32(49)53-10)18-20-39-34(51)55-36(6,7)8/h23-26,37H,11-22H2,1-10H3,(H,38,50)(H,39,51)(H,40,44)(H,41,45)(H,42,46)(H,43,47)/t23-,24+,25-,26+. The third kappa shape index (κ3) is 24.4. The van der Waals surface area contributed by atoms with E-state index in [1.54, 1.807) is 41.5 Å². The van der Waals surface area contributed by atoms with Crippen molar-refractivity contribution in [1.82, 2.24) is 37.2 Å². The van der Waals surface area contributed by atoms with Crippen molar-refractivity contribution in [3.8, 4) is 0 Å². The van der Waals surface area contributed by atoms with Gasteiger partial charge in [0.1, 0.15) is 35.4 Å². The molecule has 0 aromatic heterocycles. The van der Waals surface area contributed by atoms with Gasteiger partial charge in [0.05, 0.1) is 27.3 Å². The number of methoxy groups -OCH3 is 2. The normalized spacial score (nSPS) is 13.4. The number of hydrogen-bond donors (Lipinski definition) is 7. The van der Waals surface area contributed by atoms with Crippen LogP contribution in [0.1, 0.15) is 107 Å². The monoisotopic (exact) mass is 787 g/mol. The lowest BCUT2D eigenvalue weighted by atomic mass is 10.1. The van der Waals surface area contributed by atoms with Crippen LogP contribution in [0.2, 0.25) is 0 Å². The van der Waals surface area contributed by atoms with Crippen molar-refractivity contribution in [3.63, 3.8) is 0 Å². The molecule has 6 amide bonds. The van der Waals surface area contributed by atoms with Crippen LogP contribution in [0.25, 0.3) is 0 Å². The average molecular weight is 788 g/mol. The molecule has 0 heterocycles. The Labute approximate surface area is 324 Å². The van der Waals surface area contributed by atoms with E-state index in [-0.39, 0.29) is 51.9 Å². The van der Waals surface area contributed by atoms with Gasteiger partial charge in [-0.25, -0.2) is 19.2 Å². The second-order valence-corrected chi connectivity index (χ2v) is 14.7. The first kappa shape index (κ1) is 50.3. The summed E-state index contributed by atoms with van der Waals surface area (Å²) >= 11 is 0. The summed E-state index contributed by atoms with van der Waals surface area (Å²) in [6, 6.07) is -4.27. The second kappa shape index (κ2) is 26.2. The average Bonchev–Trinajstić information content (AvgIpc) is 3.08. The van der Waals surface area contributed by atoms with Gasteiger partial charge in [-0.3, -0.25) is 24.5 Å². The molecule has 19 nitrogen and oxygen atoms in total. The van der Waals surface area contributed by atoms with Crippen LogP contribution >= 0.6 is 0 Å². The van der Waals surface area contributed by atoms with E-state index in [9.17, 15) is 38.4 Å². The predicted molar refractivity (Wildman–Crippen MR) is 201 cm³/mol. The van der Waals surface area contributed by atoms with E-state index in [0.29, 0.717) is 25.7 Å². The second-order valence-electron chi connectivity index (χ2n) is 14.7. The van der Waals surface area contributed by atoms with Gasteiger partial charge in [-0.2, -0.15) is 0 Å². The number of hydrogen-bond acceptors (Lipinski definition) is 13. The molecule has 0 fully saturated rings. The first-order chi connectivity index (χ1) is 25.7. The highest BCUT2D eigenvalue weighted by molar-refractivity contribution is 5.92. The van der Waals surface area contributed by atoms with E-state index in [2.05, 4.69) is 37.2 Å². The summed E-state index contributed by atoms with van der Waals surface area (Å²) < 4.78 is 20.0. The summed E-state index contributed by atoms with van der Waals surface area (Å²) in [5.41, 5.74) is -1.45. The van der Waals surface area contributed by atoms with Crippen LogP contribution in [0.5, 0.6) is 0 Å². The summed E-state index contributed by atoms with van der Waals surface area (Å²) in [4.78, 5) is 101. The molecular weight excluding hydrogens is 722 g/mol. The minimum atomic E-state index is -1.12. The number of ether oxygens (including phenoxy) is 4. The lowest BCUT2D eigenvalue weighted by molar-refractivity contribution is -0.146. The number of alkyl carbamates (subject to hydrolysis) is 2. The van der Waals surface area contributed by atoms with Gasteiger partial charge in [0.25, 0.3) is 0 Å². The molecule has 55 heavy (non-hydrogen) atoms. The van der Waals surface area contributed by atoms with Crippen LogP contribution in [-0.2, 0) is 47.7 Å². The zero-order valence-corrected chi connectivity index (χ0v) is 34.2. The van der Waals surface area contributed by atoms with Gasteiger partial charge >= 0.3 is 24.1 Å². The molecule has 0 aliphatic rings. The van der Waals surface area contributed by atoms with E-state index in [1.807, 2.05) is 13.8 Å². The molecule has 316 valence electrons. The van der Waals surface area contributed by atoms with E-state index in [0.717, 1.165) is 14.2 Å². The first-order valence-electron chi connectivity index (χ1n) is 18.7. The van der Waals surface area contributed by atoms with Crippen molar-refractivity contribution in [2.45, 2.75) is 142 Å². The van der Waals surface area contributed by atoms with Gasteiger partial charge in [-0.1, -0.05) is 39.5 Å². The van der Waals surface area contributed by atoms with Gasteiger partial charge < -0.3 is 50.8 Å². The van der Waals surface area contributed by atoms with Crippen LogP contribution < -0.4 is 37.2 Å². The van der Waals surface area contributed by atoms with E-state index >= 15 is 0 Å². The van der Waals surface area contributed by atoms with Gasteiger partial charge in [0.15, 0.2) is 0 Å². The number of carbonyl (C=O) groups excluding carboxylic acids is 8. The lowest BCUT2D eigenvalue weighted by Crippen LogP contribution is -2.54. The van der Waals surface area contributed by atoms with Gasteiger partial charge in [-0.05, 0) is 67.2 Å². The molecule has 0 radical (unpaired) electrons. The Morgan fingerprint density at radius 2 is 0.855 bits per heavy atom. The maximum Gasteiger partial charge on any atom is 0.407 e. The fourth-order valence-corrected chi connectivity index (χ4v) is 4.73. The Morgan fingerprint density at radius 1 is 0.509 bits per heavy atom. The molecule has 0 aromatic carbocycles. The summed E-state index contributed by atoms with van der Waals surface area (Å²) in [5.74, 6) is -3.97. The molecule has 7 N–H and O–H groups in total. The van der Waals surface area contributed by atoms with Crippen LogP contribution in [0.4, 0.5) is 9.59 Å². The topological polar surface area (TPSA) is 258 Å². The highest BCUT2D eigenvalue weighted by atomic mass is 16.6. The Hall–Kier alpha value is -4.68. The highest BCUT2D eigenvalue weighted by Crippen LogP contribution is 2.09. The maximum atomic E-state index is 13.2. The predicted octanol–water partition coefficient (Wildman–Crippen LogP) is 1.07. The smallest absolute Gasteiger partial charge is 0.407 e. The van der Waals surface area contributed by atoms with Gasteiger partial charge in [0, 0.05) is 13.1 Å². The SMILES string of the molecule is CCCC[C@H](NC(=O)CNCC(=O)N[C@H](CCCC)C(=O)N[C@H](CCNC(=O)OC(C)(C)C)C(=O)OC)C(=O)N[C@@H](CCNC(=O)OC(C)(C)C)C(=O)OC. The quantitative estimate of drug-likeness (QED) is 0.0535.